The number of aryl methyl sites for hydroxylation is 2. The van der Waals surface area contributed by atoms with Gasteiger partial charge in [-0.25, -0.2) is 4.39 Å². The Bertz CT molecular complexity index is 1510. The molecule has 1 atom stereocenters. The molecule has 3 heterocycles. The molecule has 0 aliphatic carbocycles. The number of carbonyl (C=O) groups excluding carboxylic acids is 1. The van der Waals surface area contributed by atoms with Crippen LogP contribution in [0.25, 0.3) is 5.70 Å². The lowest BCUT2D eigenvalue weighted by atomic mass is 10.1. The number of amides is 1. The molecule has 0 spiro atoms. The van der Waals surface area contributed by atoms with E-state index < -0.39 is 23.5 Å². The van der Waals surface area contributed by atoms with Gasteiger partial charge in [0.15, 0.2) is 5.82 Å². The van der Waals surface area contributed by atoms with Crippen LogP contribution in [0.15, 0.2) is 42.7 Å². The Morgan fingerprint density at radius 2 is 1.90 bits per heavy atom. The van der Waals surface area contributed by atoms with E-state index in [1.54, 1.807) is 39.0 Å². The van der Waals surface area contributed by atoms with Crippen molar-refractivity contribution in [2.75, 3.05) is 42.4 Å². The van der Waals surface area contributed by atoms with E-state index >= 15 is 4.39 Å². The molecule has 0 saturated carbocycles. The van der Waals surface area contributed by atoms with Crippen molar-refractivity contribution >= 4 is 28.7 Å². The third-order valence-electron chi connectivity index (χ3n) is 7.68. The molecule has 41 heavy (non-hydrogen) atoms. The number of halogens is 4. The summed E-state index contributed by atoms with van der Waals surface area (Å²) in [6.45, 7) is 4.60. The summed E-state index contributed by atoms with van der Waals surface area (Å²) in [6.07, 6.45) is -0.674. The molecule has 218 valence electrons. The highest BCUT2D eigenvalue weighted by Gasteiger charge is 2.38. The minimum absolute atomic E-state index is 0.0817. The lowest BCUT2D eigenvalue weighted by Gasteiger charge is -2.24. The highest BCUT2D eigenvalue weighted by Crippen LogP contribution is 2.39. The first-order valence-corrected chi connectivity index (χ1v) is 13.1. The van der Waals surface area contributed by atoms with Gasteiger partial charge < -0.3 is 20.5 Å². The highest BCUT2D eigenvalue weighted by molar-refractivity contribution is 6.05. The third kappa shape index (κ3) is 5.59. The minimum atomic E-state index is -4.93. The average Bonchev–Trinajstić information content (AvgIpc) is 3.66. The standard InChI is InChI=1S/C28H32F4N8O/c1-16-6-7-18(10-24(16)40-15-23(35-36-40)21-13-33-38(5)17(21)2)27(41)34-19-11-22(28(30,31)32)26(29)25(12-19)39-9-8-20(14-39)37(3)4/h6-7,10-13,15,20,35-36H,8-9,14H2,1-5H3,(H,34,41). The van der Waals surface area contributed by atoms with E-state index in [0.717, 1.165) is 22.5 Å². The number of likely N-dealkylation sites (N-methyl/N-ethyl adjacent to an activating group) is 1. The Morgan fingerprint density at radius 1 is 1.15 bits per heavy atom. The van der Waals surface area contributed by atoms with Gasteiger partial charge in [0.1, 0.15) is 0 Å². The fraction of sp³-hybridized carbons (Fsp3) is 0.357. The Balaban J connectivity index is 1.42. The van der Waals surface area contributed by atoms with Crippen molar-refractivity contribution in [3.05, 3.63) is 76.5 Å². The number of nitrogens with zero attached hydrogens (tertiary/aromatic N) is 5. The predicted octanol–water partition coefficient (Wildman–Crippen LogP) is 4.42. The van der Waals surface area contributed by atoms with Crippen LogP contribution in [-0.4, -0.2) is 53.8 Å². The molecule has 1 fully saturated rings. The van der Waals surface area contributed by atoms with Crippen molar-refractivity contribution in [1.82, 2.24) is 25.6 Å². The van der Waals surface area contributed by atoms with Gasteiger partial charge in [-0.1, -0.05) is 6.07 Å². The molecule has 9 nitrogen and oxygen atoms in total. The van der Waals surface area contributed by atoms with E-state index in [1.807, 2.05) is 46.1 Å². The van der Waals surface area contributed by atoms with E-state index in [1.165, 1.54) is 6.07 Å². The largest absolute Gasteiger partial charge is 0.419 e. The topological polar surface area (TPSA) is 80.7 Å². The summed E-state index contributed by atoms with van der Waals surface area (Å²) >= 11 is 0. The number of hydrogen-bond donors (Lipinski definition) is 3. The van der Waals surface area contributed by atoms with Crippen molar-refractivity contribution in [3.63, 3.8) is 0 Å². The van der Waals surface area contributed by atoms with Crippen LogP contribution in [0.3, 0.4) is 0 Å². The maximum atomic E-state index is 15.1. The Kier molecular flexibility index (Phi) is 7.43. The van der Waals surface area contributed by atoms with Crippen LogP contribution in [0.4, 0.5) is 34.6 Å². The molecule has 1 unspecified atom stereocenters. The zero-order chi connectivity index (χ0) is 29.6. The molecule has 1 aromatic heterocycles. The SMILES string of the molecule is Cc1ccc(C(=O)Nc2cc(N3CCC(N(C)C)C3)c(F)c(C(F)(F)F)c2)cc1N1C=C(c2cnn(C)c2C)NN1. The van der Waals surface area contributed by atoms with Crippen LogP contribution in [0.5, 0.6) is 0 Å². The molecule has 13 heteroatoms. The maximum absolute atomic E-state index is 15.1. The third-order valence-corrected chi connectivity index (χ3v) is 7.68. The fourth-order valence-electron chi connectivity index (χ4n) is 5.06. The number of hydrazine groups is 2. The van der Waals surface area contributed by atoms with Crippen LogP contribution in [0.1, 0.15) is 39.2 Å². The fourth-order valence-corrected chi connectivity index (χ4v) is 5.06. The van der Waals surface area contributed by atoms with Gasteiger partial charge in [0.05, 0.1) is 28.8 Å². The number of nitrogens with one attached hydrogen (secondary N) is 3. The van der Waals surface area contributed by atoms with Crippen molar-refractivity contribution in [2.24, 2.45) is 7.05 Å². The van der Waals surface area contributed by atoms with Gasteiger partial charge in [-0.05, 0) is 64.2 Å². The van der Waals surface area contributed by atoms with Crippen molar-refractivity contribution < 1.29 is 22.4 Å². The van der Waals surface area contributed by atoms with Gasteiger partial charge in [0, 0.05) is 54.9 Å². The second-order valence-corrected chi connectivity index (χ2v) is 10.6. The van der Waals surface area contributed by atoms with E-state index in [2.05, 4.69) is 21.4 Å². The highest BCUT2D eigenvalue weighted by atomic mass is 19.4. The van der Waals surface area contributed by atoms with Gasteiger partial charge in [-0.15, -0.1) is 5.53 Å². The maximum Gasteiger partial charge on any atom is 0.419 e. The van der Waals surface area contributed by atoms with Crippen LogP contribution >= 0.6 is 0 Å². The number of rotatable bonds is 6. The zero-order valence-electron chi connectivity index (χ0n) is 23.4. The summed E-state index contributed by atoms with van der Waals surface area (Å²) < 4.78 is 58.3. The number of anilines is 3. The summed E-state index contributed by atoms with van der Waals surface area (Å²) in [5.41, 5.74) is 8.77. The molecule has 3 N–H and O–H groups in total. The second kappa shape index (κ2) is 10.7. The molecular formula is C28H32F4N8O. The van der Waals surface area contributed by atoms with E-state index in [9.17, 15) is 18.0 Å². The molecule has 1 amide bonds. The molecular weight excluding hydrogens is 540 g/mol. The summed E-state index contributed by atoms with van der Waals surface area (Å²) in [6, 6.07) is 6.96. The van der Waals surface area contributed by atoms with E-state index in [0.29, 0.717) is 31.3 Å². The van der Waals surface area contributed by atoms with Gasteiger partial charge in [-0.2, -0.15) is 18.3 Å². The molecule has 0 radical (unpaired) electrons. The Hall–Kier alpha value is -4.10. The summed E-state index contributed by atoms with van der Waals surface area (Å²) in [5.74, 6) is -1.96. The number of benzene rings is 2. The lowest BCUT2D eigenvalue weighted by Crippen LogP contribution is -2.36. The Morgan fingerprint density at radius 3 is 2.54 bits per heavy atom. The summed E-state index contributed by atoms with van der Waals surface area (Å²) in [7, 11) is 5.60. The number of hydrogen-bond acceptors (Lipinski definition) is 7. The molecule has 2 aromatic carbocycles. The Labute approximate surface area is 235 Å². The predicted molar refractivity (Wildman–Crippen MR) is 150 cm³/mol. The summed E-state index contributed by atoms with van der Waals surface area (Å²) in [4.78, 5) is 16.8. The normalized spacial score (nSPS) is 17.3. The molecule has 2 aliphatic rings. The first kappa shape index (κ1) is 28.4. The molecule has 3 aromatic rings. The van der Waals surface area contributed by atoms with Crippen molar-refractivity contribution in [1.29, 1.82) is 0 Å². The monoisotopic (exact) mass is 572 g/mol. The van der Waals surface area contributed by atoms with Crippen LogP contribution in [0.2, 0.25) is 0 Å². The van der Waals surface area contributed by atoms with Gasteiger partial charge in [-0.3, -0.25) is 14.5 Å². The molecule has 5 rings (SSSR count). The van der Waals surface area contributed by atoms with Crippen LogP contribution in [0, 0.1) is 19.7 Å². The quantitative estimate of drug-likeness (QED) is 0.378. The van der Waals surface area contributed by atoms with Gasteiger partial charge in [0.2, 0.25) is 0 Å². The lowest BCUT2D eigenvalue weighted by molar-refractivity contribution is -0.139. The van der Waals surface area contributed by atoms with Crippen molar-refractivity contribution in [2.45, 2.75) is 32.5 Å². The van der Waals surface area contributed by atoms with Crippen LogP contribution in [-0.2, 0) is 13.2 Å². The smallest absolute Gasteiger partial charge is 0.367 e. The van der Waals surface area contributed by atoms with E-state index in [4.69, 9.17) is 0 Å². The summed E-state index contributed by atoms with van der Waals surface area (Å²) in [5, 5.41) is 8.52. The number of carbonyl (C=O) groups is 1. The van der Waals surface area contributed by atoms with Crippen molar-refractivity contribution in [3.8, 4) is 0 Å². The van der Waals surface area contributed by atoms with Gasteiger partial charge in [0.25, 0.3) is 5.91 Å². The van der Waals surface area contributed by atoms with Gasteiger partial charge >= 0.3 is 6.18 Å². The zero-order valence-corrected chi connectivity index (χ0v) is 23.4. The number of alkyl halides is 3. The second-order valence-electron chi connectivity index (χ2n) is 10.6. The number of aromatic nitrogens is 2. The molecule has 1 saturated heterocycles. The first-order chi connectivity index (χ1) is 19.3. The average molecular weight is 573 g/mol. The van der Waals surface area contributed by atoms with E-state index in [-0.39, 0.29) is 23.0 Å². The first-order valence-electron chi connectivity index (χ1n) is 13.1. The van der Waals surface area contributed by atoms with Crippen LogP contribution < -0.4 is 26.2 Å². The molecule has 0 bridgehead atoms. The minimum Gasteiger partial charge on any atom is -0.367 e. The molecule has 2 aliphatic heterocycles.